The van der Waals surface area contributed by atoms with Gasteiger partial charge >= 0.3 is 5.97 Å². The van der Waals surface area contributed by atoms with Crippen molar-refractivity contribution >= 4 is 28.2 Å². The molecule has 0 spiro atoms. The number of carboxylic acids is 1. The highest BCUT2D eigenvalue weighted by Crippen LogP contribution is 2.35. The van der Waals surface area contributed by atoms with Gasteiger partial charge in [0.25, 0.3) is 0 Å². The molecule has 0 aromatic carbocycles. The Labute approximate surface area is 127 Å². The second kappa shape index (κ2) is 6.27. The lowest BCUT2D eigenvalue weighted by Gasteiger charge is -2.27. The maximum absolute atomic E-state index is 12.4. The first-order valence-corrected chi connectivity index (χ1v) is 7.81. The number of carbonyl (C=O) groups is 2. The normalized spacial score (nSPS) is 21.6. The Morgan fingerprint density at radius 2 is 1.90 bits per heavy atom. The fourth-order valence-corrected chi connectivity index (χ4v) is 3.81. The minimum Gasteiger partial charge on any atom is -0.481 e. The third-order valence-corrected chi connectivity index (χ3v) is 5.28. The molecule has 2 N–H and O–H groups in total. The topological polar surface area (TPSA) is 90.2 Å². The molecular formula is C15H18N2O3S. The summed E-state index contributed by atoms with van der Waals surface area (Å²) in [6.07, 6.45) is 2.85. The van der Waals surface area contributed by atoms with Gasteiger partial charge in [-0.1, -0.05) is 12.8 Å². The van der Waals surface area contributed by atoms with Crippen molar-refractivity contribution in [2.75, 3.05) is 5.32 Å². The summed E-state index contributed by atoms with van der Waals surface area (Å²) >= 11 is 1.37. The molecule has 2 rings (SSSR count). The third-order valence-electron chi connectivity index (χ3n) is 4.15. The van der Waals surface area contributed by atoms with Crippen molar-refractivity contribution in [2.45, 2.75) is 39.5 Å². The van der Waals surface area contributed by atoms with Crippen molar-refractivity contribution in [3.05, 3.63) is 16.0 Å². The summed E-state index contributed by atoms with van der Waals surface area (Å²) in [4.78, 5) is 24.7. The number of thiophene rings is 1. The molecule has 1 aromatic heterocycles. The Balaban J connectivity index is 2.19. The first-order valence-electron chi connectivity index (χ1n) is 6.99. The van der Waals surface area contributed by atoms with Gasteiger partial charge in [-0.3, -0.25) is 9.59 Å². The summed E-state index contributed by atoms with van der Waals surface area (Å²) in [5, 5.41) is 21.7. The highest BCUT2D eigenvalue weighted by Gasteiger charge is 2.36. The highest BCUT2D eigenvalue weighted by molar-refractivity contribution is 7.16. The van der Waals surface area contributed by atoms with Crippen molar-refractivity contribution in [1.82, 2.24) is 0 Å². The van der Waals surface area contributed by atoms with E-state index in [-0.39, 0.29) is 5.91 Å². The van der Waals surface area contributed by atoms with E-state index in [4.69, 9.17) is 0 Å². The van der Waals surface area contributed by atoms with Crippen LogP contribution in [0.15, 0.2) is 0 Å². The zero-order chi connectivity index (χ0) is 15.6. The van der Waals surface area contributed by atoms with Gasteiger partial charge in [0, 0.05) is 4.88 Å². The summed E-state index contributed by atoms with van der Waals surface area (Å²) in [6.45, 7) is 3.75. The number of nitriles is 1. The van der Waals surface area contributed by atoms with Crippen LogP contribution >= 0.6 is 11.3 Å². The Bertz CT molecular complexity index is 615. The largest absolute Gasteiger partial charge is 0.481 e. The number of aryl methyl sites for hydroxylation is 1. The van der Waals surface area contributed by atoms with Gasteiger partial charge in [0.05, 0.1) is 17.4 Å². The molecule has 1 aromatic rings. The highest BCUT2D eigenvalue weighted by atomic mass is 32.1. The zero-order valence-electron chi connectivity index (χ0n) is 12.1. The second-order valence-corrected chi connectivity index (χ2v) is 6.65. The van der Waals surface area contributed by atoms with Gasteiger partial charge in [-0.2, -0.15) is 5.26 Å². The molecule has 1 heterocycles. The molecule has 2 atom stereocenters. The number of hydrogen-bond donors (Lipinski definition) is 2. The summed E-state index contributed by atoms with van der Waals surface area (Å²) in [5.74, 6) is -2.31. The maximum Gasteiger partial charge on any atom is 0.307 e. The van der Waals surface area contributed by atoms with Gasteiger partial charge in [-0.15, -0.1) is 11.3 Å². The Morgan fingerprint density at radius 1 is 1.29 bits per heavy atom. The van der Waals surface area contributed by atoms with E-state index in [0.29, 0.717) is 23.4 Å². The smallest absolute Gasteiger partial charge is 0.307 e. The van der Waals surface area contributed by atoms with Crippen LogP contribution in [0.1, 0.15) is 41.7 Å². The van der Waals surface area contributed by atoms with Gasteiger partial charge in [-0.25, -0.2) is 0 Å². The predicted octanol–water partition coefficient (Wildman–Crippen LogP) is 3.07. The van der Waals surface area contributed by atoms with Crippen molar-refractivity contribution < 1.29 is 14.7 Å². The van der Waals surface area contributed by atoms with E-state index in [0.717, 1.165) is 23.3 Å². The molecule has 0 saturated heterocycles. The summed E-state index contributed by atoms with van der Waals surface area (Å²) in [7, 11) is 0. The molecule has 1 aliphatic carbocycles. The zero-order valence-corrected chi connectivity index (χ0v) is 12.9. The van der Waals surface area contributed by atoms with Crippen LogP contribution in [0, 0.1) is 37.0 Å². The Hall–Kier alpha value is -1.87. The minimum atomic E-state index is -0.908. The number of carbonyl (C=O) groups excluding carboxylic acids is 1. The van der Waals surface area contributed by atoms with Gasteiger partial charge in [-0.05, 0) is 32.3 Å². The number of carboxylic acid groups (broad SMARTS) is 1. The number of amides is 1. The van der Waals surface area contributed by atoms with Crippen LogP contribution in [-0.4, -0.2) is 17.0 Å². The number of hydrogen-bond acceptors (Lipinski definition) is 4. The average Bonchev–Trinajstić information content (AvgIpc) is 2.73. The SMILES string of the molecule is Cc1sc(NC(=O)C2CCCCC2C(=O)O)c(C#N)c1C. The molecule has 5 nitrogen and oxygen atoms in total. The monoisotopic (exact) mass is 306 g/mol. The molecule has 1 fully saturated rings. The molecule has 2 unspecified atom stereocenters. The predicted molar refractivity (Wildman–Crippen MR) is 80.2 cm³/mol. The lowest BCUT2D eigenvalue weighted by Crippen LogP contribution is -2.36. The number of rotatable bonds is 3. The number of anilines is 1. The molecule has 1 saturated carbocycles. The molecule has 6 heteroatoms. The van der Waals surface area contributed by atoms with Gasteiger partial charge in [0.15, 0.2) is 0 Å². The van der Waals surface area contributed by atoms with E-state index in [1.807, 2.05) is 13.8 Å². The Morgan fingerprint density at radius 3 is 2.48 bits per heavy atom. The fraction of sp³-hybridized carbons (Fsp3) is 0.533. The maximum atomic E-state index is 12.4. The lowest BCUT2D eigenvalue weighted by atomic mass is 9.79. The van der Waals surface area contributed by atoms with Crippen molar-refractivity contribution in [3.63, 3.8) is 0 Å². The lowest BCUT2D eigenvalue weighted by molar-refractivity contribution is -0.147. The van der Waals surface area contributed by atoms with Crippen molar-refractivity contribution in [1.29, 1.82) is 5.26 Å². The van der Waals surface area contributed by atoms with Crippen LogP contribution in [-0.2, 0) is 9.59 Å². The van der Waals surface area contributed by atoms with Crippen LogP contribution in [0.25, 0.3) is 0 Å². The summed E-state index contributed by atoms with van der Waals surface area (Å²) in [6, 6.07) is 2.11. The van der Waals surface area contributed by atoms with E-state index >= 15 is 0 Å². The summed E-state index contributed by atoms with van der Waals surface area (Å²) < 4.78 is 0. The van der Waals surface area contributed by atoms with Crippen molar-refractivity contribution in [2.24, 2.45) is 11.8 Å². The van der Waals surface area contributed by atoms with E-state index in [1.165, 1.54) is 11.3 Å². The fourth-order valence-electron chi connectivity index (χ4n) is 2.79. The number of nitrogens with zero attached hydrogens (tertiary/aromatic N) is 1. The second-order valence-electron chi connectivity index (χ2n) is 5.42. The van der Waals surface area contributed by atoms with Crippen LogP contribution in [0.4, 0.5) is 5.00 Å². The molecule has 0 bridgehead atoms. The number of nitrogens with one attached hydrogen (secondary N) is 1. The quantitative estimate of drug-likeness (QED) is 0.898. The molecule has 0 aliphatic heterocycles. The first-order chi connectivity index (χ1) is 9.95. The van der Waals surface area contributed by atoms with E-state index in [2.05, 4.69) is 11.4 Å². The van der Waals surface area contributed by atoms with Gasteiger partial charge in [0.2, 0.25) is 5.91 Å². The molecule has 1 aliphatic rings. The van der Waals surface area contributed by atoms with E-state index < -0.39 is 17.8 Å². The minimum absolute atomic E-state index is 0.278. The van der Waals surface area contributed by atoms with Crippen LogP contribution in [0.3, 0.4) is 0 Å². The Kier molecular flexibility index (Phi) is 4.63. The molecule has 21 heavy (non-hydrogen) atoms. The van der Waals surface area contributed by atoms with Crippen LogP contribution in [0.2, 0.25) is 0 Å². The molecular weight excluding hydrogens is 288 g/mol. The van der Waals surface area contributed by atoms with Gasteiger partial charge in [0.1, 0.15) is 11.1 Å². The summed E-state index contributed by atoms with van der Waals surface area (Å²) in [5.41, 5.74) is 1.35. The molecule has 112 valence electrons. The standard InChI is InChI=1S/C15H18N2O3S/c1-8-9(2)21-14(12(8)7-16)17-13(18)10-5-3-4-6-11(10)15(19)20/h10-11H,3-6H2,1-2H3,(H,17,18)(H,19,20). The molecule has 0 radical (unpaired) electrons. The van der Waals surface area contributed by atoms with Gasteiger partial charge < -0.3 is 10.4 Å². The molecule has 1 amide bonds. The van der Waals surface area contributed by atoms with Crippen molar-refractivity contribution in [3.8, 4) is 6.07 Å². The van der Waals surface area contributed by atoms with E-state index in [9.17, 15) is 20.0 Å². The number of aliphatic carboxylic acids is 1. The van der Waals surface area contributed by atoms with Crippen LogP contribution in [0.5, 0.6) is 0 Å². The third kappa shape index (κ3) is 3.08. The van der Waals surface area contributed by atoms with Crippen LogP contribution < -0.4 is 5.32 Å². The van der Waals surface area contributed by atoms with E-state index in [1.54, 1.807) is 0 Å². The first kappa shape index (κ1) is 15.5. The average molecular weight is 306 g/mol.